The van der Waals surface area contributed by atoms with Crippen LogP contribution in [0.15, 0.2) is 47.0 Å². The predicted octanol–water partition coefficient (Wildman–Crippen LogP) is 4.53. The molecule has 1 saturated carbocycles. The summed E-state index contributed by atoms with van der Waals surface area (Å²) in [7, 11) is 0. The normalized spacial score (nSPS) is 15.0. The van der Waals surface area contributed by atoms with Crippen LogP contribution in [0.1, 0.15) is 49.6 Å². The number of hydrogen-bond acceptors (Lipinski definition) is 4. The quantitative estimate of drug-likeness (QED) is 0.722. The van der Waals surface area contributed by atoms with Crippen molar-refractivity contribution in [3.05, 3.63) is 54.0 Å². The van der Waals surface area contributed by atoms with E-state index in [1.54, 1.807) is 6.20 Å². The van der Waals surface area contributed by atoms with Crippen LogP contribution in [0, 0.1) is 6.92 Å². The van der Waals surface area contributed by atoms with Crippen LogP contribution in [-0.2, 0) is 11.2 Å². The van der Waals surface area contributed by atoms with E-state index in [2.05, 4.69) is 15.4 Å². The van der Waals surface area contributed by atoms with Gasteiger partial charge < -0.3 is 9.73 Å². The van der Waals surface area contributed by atoms with Crippen molar-refractivity contribution < 1.29 is 9.21 Å². The molecule has 3 aromatic rings. The van der Waals surface area contributed by atoms with Gasteiger partial charge >= 0.3 is 0 Å². The molecule has 2 heterocycles. The first-order valence-corrected chi connectivity index (χ1v) is 9.56. The summed E-state index contributed by atoms with van der Waals surface area (Å²) >= 11 is 0. The first-order chi connectivity index (χ1) is 13.2. The number of nitrogens with zero attached hydrogens (tertiary/aromatic N) is 3. The average molecular weight is 364 g/mol. The molecule has 0 aliphatic heterocycles. The largest absolute Gasteiger partial charge is 0.441 e. The third-order valence-corrected chi connectivity index (χ3v) is 5.10. The molecular formula is C21H24N4O2. The lowest BCUT2D eigenvalue weighted by Gasteiger charge is -2.23. The highest BCUT2D eigenvalue weighted by molar-refractivity contribution is 5.91. The van der Waals surface area contributed by atoms with E-state index in [-0.39, 0.29) is 12.3 Å². The van der Waals surface area contributed by atoms with E-state index in [1.807, 2.05) is 48.0 Å². The van der Waals surface area contributed by atoms with Crippen molar-refractivity contribution in [1.82, 2.24) is 14.8 Å². The number of carbonyl (C=O) groups is 1. The maximum absolute atomic E-state index is 12.6. The van der Waals surface area contributed by atoms with Crippen LogP contribution < -0.4 is 5.32 Å². The van der Waals surface area contributed by atoms with Gasteiger partial charge in [-0.25, -0.2) is 9.67 Å². The first kappa shape index (κ1) is 17.5. The average Bonchev–Trinajstić information content (AvgIpc) is 3.30. The molecule has 1 aromatic carbocycles. The van der Waals surface area contributed by atoms with Gasteiger partial charge in [0.1, 0.15) is 11.6 Å². The molecule has 0 spiro atoms. The van der Waals surface area contributed by atoms with Crippen LogP contribution in [0.2, 0.25) is 0 Å². The van der Waals surface area contributed by atoms with Crippen molar-refractivity contribution in [1.29, 1.82) is 0 Å². The standard InChI is InChI=1S/C21H24N4O2/c1-15-18(23-21(27-15)16-8-4-2-5-9-16)14-20(26)24-19-12-13-22-25(19)17-10-6-3-7-11-17/h2,4-5,8-9,12-13,17H,3,6-7,10-11,14H2,1H3,(H,24,26). The van der Waals surface area contributed by atoms with E-state index in [4.69, 9.17) is 4.42 Å². The Morgan fingerprint density at radius 3 is 2.74 bits per heavy atom. The zero-order valence-electron chi connectivity index (χ0n) is 15.5. The number of anilines is 1. The third kappa shape index (κ3) is 3.94. The molecule has 0 saturated heterocycles. The summed E-state index contributed by atoms with van der Waals surface area (Å²) in [5.74, 6) is 1.87. The number of benzene rings is 1. The maximum Gasteiger partial charge on any atom is 0.231 e. The lowest BCUT2D eigenvalue weighted by atomic mass is 9.96. The Morgan fingerprint density at radius 2 is 1.96 bits per heavy atom. The summed E-state index contributed by atoms with van der Waals surface area (Å²) in [4.78, 5) is 17.1. The third-order valence-electron chi connectivity index (χ3n) is 5.10. The monoisotopic (exact) mass is 364 g/mol. The molecule has 1 aliphatic rings. The summed E-state index contributed by atoms with van der Waals surface area (Å²) in [5, 5.41) is 7.42. The molecule has 1 fully saturated rings. The highest BCUT2D eigenvalue weighted by atomic mass is 16.4. The van der Waals surface area contributed by atoms with Gasteiger partial charge in [0.2, 0.25) is 11.8 Å². The Kier molecular flexibility index (Phi) is 5.05. The van der Waals surface area contributed by atoms with Crippen molar-refractivity contribution >= 4 is 11.7 Å². The van der Waals surface area contributed by atoms with Crippen LogP contribution in [-0.4, -0.2) is 20.7 Å². The Balaban J connectivity index is 1.45. The van der Waals surface area contributed by atoms with Crippen LogP contribution in [0.3, 0.4) is 0 Å². The molecule has 4 rings (SSSR count). The number of hydrogen-bond donors (Lipinski definition) is 1. The molecule has 1 N–H and O–H groups in total. The van der Waals surface area contributed by atoms with Gasteiger partial charge in [-0.05, 0) is 31.9 Å². The second kappa shape index (κ2) is 7.78. The minimum atomic E-state index is -0.108. The Morgan fingerprint density at radius 1 is 1.19 bits per heavy atom. The number of rotatable bonds is 5. The number of oxazole rings is 1. The first-order valence-electron chi connectivity index (χ1n) is 9.56. The Hall–Kier alpha value is -2.89. The maximum atomic E-state index is 12.6. The predicted molar refractivity (Wildman–Crippen MR) is 103 cm³/mol. The fourth-order valence-electron chi connectivity index (χ4n) is 3.67. The van der Waals surface area contributed by atoms with Crippen molar-refractivity contribution in [3.8, 4) is 11.5 Å². The molecule has 0 atom stereocenters. The minimum absolute atomic E-state index is 0.108. The zero-order valence-corrected chi connectivity index (χ0v) is 15.5. The van der Waals surface area contributed by atoms with Crippen LogP contribution in [0.25, 0.3) is 11.5 Å². The SMILES string of the molecule is Cc1oc(-c2ccccc2)nc1CC(=O)Nc1ccnn1C1CCCCC1. The molecular weight excluding hydrogens is 340 g/mol. The number of aromatic nitrogens is 3. The van der Waals surface area contributed by atoms with Crippen molar-refractivity contribution in [2.45, 2.75) is 51.5 Å². The zero-order chi connectivity index (χ0) is 18.6. The lowest BCUT2D eigenvalue weighted by molar-refractivity contribution is -0.115. The summed E-state index contributed by atoms with van der Waals surface area (Å²) in [6.45, 7) is 1.84. The number of aryl methyl sites for hydroxylation is 1. The summed E-state index contributed by atoms with van der Waals surface area (Å²) < 4.78 is 7.71. The van der Waals surface area contributed by atoms with Gasteiger partial charge in [-0.3, -0.25) is 4.79 Å². The van der Waals surface area contributed by atoms with Gasteiger partial charge in [0.15, 0.2) is 0 Å². The van der Waals surface area contributed by atoms with Gasteiger partial charge in [0.25, 0.3) is 0 Å². The van der Waals surface area contributed by atoms with E-state index >= 15 is 0 Å². The van der Waals surface area contributed by atoms with E-state index in [1.165, 1.54) is 19.3 Å². The van der Waals surface area contributed by atoms with Crippen LogP contribution in [0.5, 0.6) is 0 Å². The molecule has 0 radical (unpaired) electrons. The van der Waals surface area contributed by atoms with Gasteiger partial charge in [-0.1, -0.05) is 37.5 Å². The molecule has 27 heavy (non-hydrogen) atoms. The fraction of sp³-hybridized carbons (Fsp3) is 0.381. The molecule has 6 heteroatoms. The Labute approximate surface area is 158 Å². The second-order valence-electron chi connectivity index (χ2n) is 7.07. The van der Waals surface area contributed by atoms with E-state index in [9.17, 15) is 4.79 Å². The highest BCUT2D eigenvalue weighted by Gasteiger charge is 2.20. The van der Waals surface area contributed by atoms with Crippen LogP contribution >= 0.6 is 0 Å². The molecule has 0 unspecified atom stereocenters. The molecule has 6 nitrogen and oxygen atoms in total. The van der Waals surface area contributed by atoms with Gasteiger partial charge in [-0.15, -0.1) is 0 Å². The highest BCUT2D eigenvalue weighted by Crippen LogP contribution is 2.30. The van der Waals surface area contributed by atoms with E-state index in [0.29, 0.717) is 23.4 Å². The van der Waals surface area contributed by atoms with E-state index < -0.39 is 0 Å². The Bertz CT molecular complexity index is 907. The topological polar surface area (TPSA) is 73.0 Å². The number of nitrogens with one attached hydrogen (secondary N) is 1. The van der Waals surface area contributed by atoms with Crippen molar-refractivity contribution in [2.75, 3.05) is 5.32 Å². The van der Waals surface area contributed by atoms with Gasteiger partial charge in [0, 0.05) is 11.6 Å². The minimum Gasteiger partial charge on any atom is -0.441 e. The second-order valence-corrected chi connectivity index (χ2v) is 7.07. The van der Waals surface area contributed by atoms with Crippen LogP contribution in [0.4, 0.5) is 5.82 Å². The lowest BCUT2D eigenvalue weighted by Crippen LogP contribution is -2.21. The fourth-order valence-corrected chi connectivity index (χ4v) is 3.67. The van der Waals surface area contributed by atoms with E-state index in [0.717, 1.165) is 24.2 Å². The molecule has 1 aliphatic carbocycles. The number of amides is 1. The summed E-state index contributed by atoms with van der Waals surface area (Å²) in [5.41, 5.74) is 1.57. The van der Waals surface area contributed by atoms with Gasteiger partial charge in [-0.2, -0.15) is 5.10 Å². The molecule has 1 amide bonds. The molecule has 140 valence electrons. The van der Waals surface area contributed by atoms with Crippen molar-refractivity contribution in [3.63, 3.8) is 0 Å². The summed E-state index contributed by atoms with van der Waals surface area (Å²) in [6, 6.07) is 11.9. The van der Waals surface area contributed by atoms with Crippen molar-refractivity contribution in [2.24, 2.45) is 0 Å². The number of carbonyl (C=O) groups excluding carboxylic acids is 1. The molecule has 0 bridgehead atoms. The summed E-state index contributed by atoms with van der Waals surface area (Å²) in [6.07, 6.45) is 7.89. The van der Waals surface area contributed by atoms with Gasteiger partial charge in [0.05, 0.1) is 24.4 Å². The molecule has 2 aromatic heterocycles. The smallest absolute Gasteiger partial charge is 0.231 e.